The summed E-state index contributed by atoms with van der Waals surface area (Å²) < 4.78 is 28.1. The molecule has 4 aromatic rings. The number of benzene rings is 3. The van der Waals surface area contributed by atoms with E-state index in [4.69, 9.17) is 0 Å². The van der Waals surface area contributed by atoms with Gasteiger partial charge in [0.1, 0.15) is 11.3 Å². The number of aldehydes is 1. The van der Waals surface area contributed by atoms with Crippen LogP contribution in [0.2, 0.25) is 0 Å². The Kier molecular flexibility index (Phi) is 8.74. The molecular formula is C30H28N4O6S2. The number of amides is 3. The van der Waals surface area contributed by atoms with E-state index in [9.17, 15) is 27.6 Å². The summed E-state index contributed by atoms with van der Waals surface area (Å²) in [6.07, 6.45) is 2.76. The molecule has 216 valence electrons. The third-order valence-electron chi connectivity index (χ3n) is 6.64. The Morgan fingerprint density at radius 2 is 1.67 bits per heavy atom. The van der Waals surface area contributed by atoms with Gasteiger partial charge in [0.2, 0.25) is 11.8 Å². The van der Waals surface area contributed by atoms with Gasteiger partial charge in [0.05, 0.1) is 21.7 Å². The zero-order valence-corrected chi connectivity index (χ0v) is 24.0. The molecular weight excluding hydrogens is 576 g/mol. The number of carbonyl (C=O) groups excluding carboxylic acids is 4. The monoisotopic (exact) mass is 604 g/mol. The van der Waals surface area contributed by atoms with E-state index in [1.54, 1.807) is 48.5 Å². The quantitative estimate of drug-likeness (QED) is 0.166. The molecule has 1 aliphatic rings. The minimum atomic E-state index is -4.20. The first-order valence-corrected chi connectivity index (χ1v) is 15.7. The number of hydrogen-bond acceptors (Lipinski definition) is 8. The van der Waals surface area contributed by atoms with Crippen molar-refractivity contribution in [1.82, 2.24) is 20.9 Å². The fourth-order valence-electron chi connectivity index (χ4n) is 4.29. The molecule has 1 aliphatic carbocycles. The third kappa shape index (κ3) is 6.72. The van der Waals surface area contributed by atoms with Crippen LogP contribution in [0.4, 0.5) is 0 Å². The largest absolute Gasteiger partial charge is 0.352 e. The van der Waals surface area contributed by atoms with Crippen LogP contribution in [0, 0.1) is 0 Å². The van der Waals surface area contributed by atoms with Crippen molar-refractivity contribution < 1.29 is 27.6 Å². The topological polar surface area (TPSA) is 151 Å². The molecule has 3 aromatic carbocycles. The lowest BCUT2D eigenvalue weighted by atomic mass is 10.0. The van der Waals surface area contributed by atoms with Gasteiger partial charge in [-0.15, -0.1) is 11.3 Å². The number of fused-ring (bicyclic) bond motifs is 1. The highest BCUT2D eigenvalue weighted by Crippen LogP contribution is 2.36. The normalized spacial score (nSPS) is 13.7. The Labute approximate surface area is 246 Å². The number of carbonyl (C=O) groups is 4. The molecule has 1 saturated carbocycles. The molecule has 0 radical (unpaired) electrons. The molecule has 10 nitrogen and oxygen atoms in total. The van der Waals surface area contributed by atoms with Gasteiger partial charge in [-0.1, -0.05) is 36.4 Å². The SMILES string of the molecule is O=CCCNC(=O)c1ccc(-c2ccc3nc(C(C(=O)NCC(=O)NC4CC4)S(=O)(=O)c4ccccc4)sc3c2)cc1. The van der Waals surface area contributed by atoms with Gasteiger partial charge in [0.25, 0.3) is 5.91 Å². The maximum atomic E-state index is 13.7. The molecule has 3 N–H and O–H groups in total. The van der Waals surface area contributed by atoms with Gasteiger partial charge in [0.15, 0.2) is 15.1 Å². The molecule has 1 fully saturated rings. The van der Waals surface area contributed by atoms with Gasteiger partial charge in [-0.25, -0.2) is 13.4 Å². The van der Waals surface area contributed by atoms with Gasteiger partial charge < -0.3 is 20.7 Å². The summed E-state index contributed by atoms with van der Waals surface area (Å²) in [4.78, 5) is 52.7. The summed E-state index contributed by atoms with van der Waals surface area (Å²) >= 11 is 1.09. The number of aromatic nitrogens is 1. The van der Waals surface area contributed by atoms with Crippen LogP contribution >= 0.6 is 11.3 Å². The Balaban J connectivity index is 1.42. The standard InChI is InChI=1S/C30H28N4O6S2/c35-16-4-15-31-28(37)20-9-7-19(8-10-20)21-11-14-24-25(17-21)41-30(34-24)27(42(39,40)23-5-2-1-3-6-23)29(38)32-18-26(36)33-22-12-13-22/h1-3,5-11,14,16-17,22,27H,4,12-13,15,18H2,(H,31,37)(H,32,38)(H,33,36). The van der Waals surface area contributed by atoms with Crippen molar-refractivity contribution in [3.63, 3.8) is 0 Å². The minimum absolute atomic E-state index is 0.0252. The molecule has 0 aliphatic heterocycles. The predicted molar refractivity (Wildman–Crippen MR) is 159 cm³/mol. The second kappa shape index (κ2) is 12.6. The van der Waals surface area contributed by atoms with Crippen LogP contribution < -0.4 is 16.0 Å². The van der Waals surface area contributed by atoms with E-state index in [1.807, 2.05) is 12.1 Å². The van der Waals surface area contributed by atoms with Crippen LogP contribution in [0.15, 0.2) is 77.7 Å². The molecule has 0 bridgehead atoms. The van der Waals surface area contributed by atoms with Crippen LogP contribution in [0.5, 0.6) is 0 Å². The van der Waals surface area contributed by atoms with Crippen LogP contribution in [0.25, 0.3) is 21.3 Å². The van der Waals surface area contributed by atoms with Crippen molar-refractivity contribution >= 4 is 55.4 Å². The van der Waals surface area contributed by atoms with Crippen molar-refractivity contribution in [2.24, 2.45) is 0 Å². The van der Waals surface area contributed by atoms with E-state index in [-0.39, 0.29) is 47.3 Å². The van der Waals surface area contributed by atoms with Crippen LogP contribution in [-0.2, 0) is 24.2 Å². The predicted octanol–water partition coefficient (Wildman–Crippen LogP) is 3.19. The molecule has 1 aromatic heterocycles. The molecule has 1 heterocycles. The number of sulfone groups is 1. The fourth-order valence-corrected chi connectivity index (χ4v) is 7.30. The molecule has 12 heteroatoms. The highest BCUT2D eigenvalue weighted by atomic mass is 32.2. The maximum absolute atomic E-state index is 13.7. The van der Waals surface area contributed by atoms with Crippen LogP contribution in [0.3, 0.4) is 0 Å². The molecule has 1 atom stereocenters. The maximum Gasteiger partial charge on any atom is 0.251 e. The number of nitrogens with one attached hydrogen (secondary N) is 3. The first-order valence-electron chi connectivity index (χ1n) is 13.3. The third-order valence-corrected chi connectivity index (χ3v) is 9.86. The van der Waals surface area contributed by atoms with Gasteiger partial charge in [0, 0.05) is 24.6 Å². The number of thiazole rings is 1. The average molecular weight is 605 g/mol. The molecule has 0 spiro atoms. The molecule has 5 rings (SSSR count). The molecule has 0 saturated heterocycles. The van der Waals surface area contributed by atoms with Crippen molar-refractivity contribution in [2.75, 3.05) is 13.1 Å². The summed E-state index contributed by atoms with van der Waals surface area (Å²) in [6.45, 7) is -0.0720. The lowest BCUT2D eigenvalue weighted by Gasteiger charge is -2.15. The van der Waals surface area contributed by atoms with Gasteiger partial charge in [-0.05, 0) is 60.4 Å². The lowest BCUT2D eigenvalue weighted by molar-refractivity contribution is -0.126. The fraction of sp³-hybridized carbons (Fsp3) is 0.233. The summed E-state index contributed by atoms with van der Waals surface area (Å²) in [7, 11) is -4.20. The number of nitrogens with zero attached hydrogens (tertiary/aromatic N) is 1. The smallest absolute Gasteiger partial charge is 0.251 e. The Morgan fingerprint density at radius 3 is 2.36 bits per heavy atom. The van der Waals surface area contributed by atoms with Gasteiger partial charge in [-0.2, -0.15) is 0 Å². The van der Waals surface area contributed by atoms with Crippen molar-refractivity contribution in [3.05, 3.63) is 83.4 Å². The molecule has 3 amide bonds. The Hall–Kier alpha value is -4.42. The molecule has 1 unspecified atom stereocenters. The Bertz CT molecular complexity index is 1730. The zero-order valence-electron chi connectivity index (χ0n) is 22.4. The van der Waals surface area contributed by atoms with Gasteiger partial charge in [-0.3, -0.25) is 14.4 Å². The summed E-state index contributed by atoms with van der Waals surface area (Å²) in [5.74, 6) is -1.48. The second-order valence-corrected chi connectivity index (χ2v) is 12.9. The van der Waals surface area contributed by atoms with Crippen molar-refractivity contribution in [2.45, 2.75) is 35.4 Å². The van der Waals surface area contributed by atoms with Crippen molar-refractivity contribution in [1.29, 1.82) is 0 Å². The number of hydrogen-bond donors (Lipinski definition) is 3. The van der Waals surface area contributed by atoms with E-state index in [0.717, 1.165) is 41.6 Å². The number of rotatable bonds is 12. The lowest BCUT2D eigenvalue weighted by Crippen LogP contribution is -2.41. The Morgan fingerprint density at radius 1 is 0.952 bits per heavy atom. The van der Waals surface area contributed by atoms with Crippen molar-refractivity contribution in [3.8, 4) is 11.1 Å². The van der Waals surface area contributed by atoms with E-state index >= 15 is 0 Å². The van der Waals surface area contributed by atoms with E-state index < -0.39 is 21.0 Å². The second-order valence-electron chi connectivity index (χ2n) is 9.82. The van der Waals surface area contributed by atoms with Crippen LogP contribution in [0.1, 0.15) is 39.9 Å². The first kappa shape index (κ1) is 29.1. The van der Waals surface area contributed by atoms with E-state index in [2.05, 4.69) is 20.9 Å². The zero-order chi connectivity index (χ0) is 29.7. The summed E-state index contributed by atoms with van der Waals surface area (Å²) in [6, 6.07) is 20.2. The average Bonchev–Trinajstić information content (AvgIpc) is 3.71. The van der Waals surface area contributed by atoms with E-state index in [0.29, 0.717) is 15.8 Å². The highest BCUT2D eigenvalue weighted by molar-refractivity contribution is 7.92. The minimum Gasteiger partial charge on any atom is -0.352 e. The molecule has 42 heavy (non-hydrogen) atoms. The van der Waals surface area contributed by atoms with Crippen LogP contribution in [-0.4, -0.2) is 56.5 Å². The van der Waals surface area contributed by atoms with Gasteiger partial charge >= 0.3 is 0 Å². The highest BCUT2D eigenvalue weighted by Gasteiger charge is 2.38. The summed E-state index contributed by atoms with van der Waals surface area (Å²) in [5.41, 5.74) is 2.62. The first-order chi connectivity index (χ1) is 20.3. The summed E-state index contributed by atoms with van der Waals surface area (Å²) in [5, 5.41) is 6.38. The van der Waals surface area contributed by atoms with E-state index in [1.165, 1.54) is 12.1 Å².